The first-order valence-corrected chi connectivity index (χ1v) is 14.9. The van der Waals surface area contributed by atoms with Gasteiger partial charge in [-0.3, -0.25) is 14.0 Å². The molecule has 0 saturated heterocycles. The van der Waals surface area contributed by atoms with Crippen LogP contribution in [0.5, 0.6) is 0 Å². The van der Waals surface area contributed by atoms with Crippen molar-refractivity contribution in [2.24, 2.45) is 0 Å². The molecule has 4 aromatic rings. The topological polar surface area (TPSA) is 78.2 Å². The number of aryl methyl sites for hydroxylation is 1. The molecule has 2 aromatic carbocycles. The molecular weight excluding hydrogens is 520 g/mol. The average molecular weight is 559 g/mol. The summed E-state index contributed by atoms with van der Waals surface area (Å²) in [6, 6.07) is 15.3. The van der Waals surface area contributed by atoms with Crippen LogP contribution in [0.25, 0.3) is 16.0 Å². The zero-order valence-electron chi connectivity index (χ0n) is 24.2. The van der Waals surface area contributed by atoms with E-state index >= 15 is 0 Å². The molecule has 1 aliphatic rings. The number of Topliss-reactive ketones (excluding diaryl/α,β-unsaturated/α-hetero) is 1. The van der Waals surface area contributed by atoms with E-state index in [-0.39, 0.29) is 16.8 Å². The van der Waals surface area contributed by atoms with Gasteiger partial charge in [0.2, 0.25) is 5.78 Å². The maximum atomic E-state index is 14.2. The summed E-state index contributed by atoms with van der Waals surface area (Å²) in [6.45, 7) is 15.8. The molecule has 3 heterocycles. The third-order valence-electron chi connectivity index (χ3n) is 8.00. The van der Waals surface area contributed by atoms with E-state index in [1.807, 2.05) is 47.7 Å². The Morgan fingerprint density at radius 3 is 2.40 bits per heavy atom. The highest BCUT2D eigenvalue weighted by molar-refractivity contribution is 7.19. The second kappa shape index (κ2) is 10.8. The Bertz CT molecular complexity index is 1600. The highest BCUT2D eigenvalue weighted by atomic mass is 32.1. The van der Waals surface area contributed by atoms with Crippen LogP contribution >= 0.6 is 11.3 Å². The second-order valence-electron chi connectivity index (χ2n) is 11.5. The first-order chi connectivity index (χ1) is 19.1. The number of aromatic nitrogens is 2. The van der Waals surface area contributed by atoms with Gasteiger partial charge >= 0.3 is 0 Å². The van der Waals surface area contributed by atoms with Gasteiger partial charge in [-0.25, -0.2) is 4.98 Å². The molecule has 2 aromatic heterocycles. The van der Waals surface area contributed by atoms with Gasteiger partial charge in [0, 0.05) is 12.2 Å². The number of nitrogens with zero attached hydrogens (tertiary/aromatic N) is 4. The number of rotatable bonds is 9. The fraction of sp³-hybridized carbons (Fsp3) is 0.406. The van der Waals surface area contributed by atoms with Gasteiger partial charge in [-0.15, -0.1) is 0 Å². The van der Waals surface area contributed by atoms with E-state index in [1.165, 1.54) is 11.3 Å². The molecule has 0 aliphatic carbocycles. The lowest BCUT2D eigenvalue weighted by Crippen LogP contribution is -2.34. The molecule has 40 heavy (non-hydrogen) atoms. The fourth-order valence-corrected chi connectivity index (χ4v) is 6.72. The Labute approximate surface area is 239 Å². The predicted octanol–water partition coefficient (Wildman–Crippen LogP) is 6.47. The van der Waals surface area contributed by atoms with Crippen LogP contribution in [-0.4, -0.2) is 62.2 Å². The molecule has 0 bridgehead atoms. The summed E-state index contributed by atoms with van der Waals surface area (Å²) < 4.78 is 1.98. The molecule has 1 aliphatic heterocycles. The lowest BCUT2D eigenvalue weighted by atomic mass is 9.85. The maximum Gasteiger partial charge on any atom is 0.290 e. The molecule has 5 rings (SSSR count). The monoisotopic (exact) mass is 558 g/mol. The van der Waals surface area contributed by atoms with Crippen molar-refractivity contribution in [2.45, 2.75) is 59.4 Å². The van der Waals surface area contributed by atoms with E-state index in [2.05, 4.69) is 51.7 Å². The van der Waals surface area contributed by atoms with Crippen LogP contribution in [-0.2, 0) is 10.2 Å². The number of carbonyl (C=O) groups excluding carboxylic acids is 2. The number of hydrogen-bond donors (Lipinski definition) is 1. The number of aliphatic hydroxyl groups is 1. The number of ketones is 1. The van der Waals surface area contributed by atoms with Gasteiger partial charge in [0.25, 0.3) is 5.91 Å². The third-order valence-corrected chi connectivity index (χ3v) is 9.14. The second-order valence-corrected chi connectivity index (χ2v) is 12.5. The van der Waals surface area contributed by atoms with Gasteiger partial charge < -0.3 is 14.9 Å². The third kappa shape index (κ3) is 4.84. The normalized spacial score (nSPS) is 16.3. The molecule has 210 valence electrons. The van der Waals surface area contributed by atoms with Crippen LogP contribution in [0.3, 0.4) is 0 Å². The Morgan fingerprint density at radius 1 is 1.07 bits per heavy atom. The number of para-hydroxylation sites is 2. The quantitative estimate of drug-likeness (QED) is 0.238. The summed E-state index contributed by atoms with van der Waals surface area (Å²) in [5, 5.41) is 11.2. The summed E-state index contributed by atoms with van der Waals surface area (Å²) in [5.74, 6) is -1.26. The molecular formula is C32H38N4O3S. The molecule has 0 fully saturated rings. The first kappa shape index (κ1) is 28.1. The van der Waals surface area contributed by atoms with Crippen LogP contribution in [0.1, 0.15) is 73.6 Å². The molecule has 7 nitrogen and oxygen atoms in total. The van der Waals surface area contributed by atoms with E-state index in [0.717, 1.165) is 53.9 Å². The lowest BCUT2D eigenvalue weighted by Gasteiger charge is -2.28. The number of carbonyl (C=O) groups is 2. The maximum absolute atomic E-state index is 14.2. The van der Waals surface area contributed by atoms with E-state index < -0.39 is 17.7 Å². The summed E-state index contributed by atoms with van der Waals surface area (Å²) in [4.78, 5) is 37.6. The Morgan fingerprint density at radius 2 is 1.75 bits per heavy atom. The minimum absolute atomic E-state index is 0.0320. The van der Waals surface area contributed by atoms with Gasteiger partial charge in [-0.2, -0.15) is 0 Å². The van der Waals surface area contributed by atoms with Crippen molar-refractivity contribution in [1.29, 1.82) is 0 Å². The van der Waals surface area contributed by atoms with Crippen LogP contribution in [0.2, 0.25) is 0 Å². The standard InChI is InChI=1S/C32H38N4O3S/c1-7-34(8-2)18-11-19-35-26(21-14-16-22(17-15-21)32(4,5)6)25(28(38)30(35)39)27(37)29-20(3)36-24-13-10-9-12-23(24)33-31(36)40-29/h9-10,12-17,26,38H,7-8,11,18-19H2,1-6H3. The largest absolute Gasteiger partial charge is 0.503 e. The van der Waals surface area contributed by atoms with Crippen LogP contribution in [0.4, 0.5) is 0 Å². The van der Waals surface area contributed by atoms with E-state index in [0.29, 0.717) is 16.4 Å². The number of benzene rings is 2. The highest BCUT2D eigenvalue weighted by Gasteiger charge is 2.44. The van der Waals surface area contributed by atoms with E-state index in [1.54, 1.807) is 4.90 Å². The van der Waals surface area contributed by atoms with E-state index in [4.69, 9.17) is 4.98 Å². The molecule has 1 unspecified atom stereocenters. The van der Waals surface area contributed by atoms with Crippen molar-refractivity contribution in [3.8, 4) is 0 Å². The van der Waals surface area contributed by atoms with Gasteiger partial charge in [0.15, 0.2) is 10.7 Å². The van der Waals surface area contributed by atoms with Crippen LogP contribution in [0, 0.1) is 6.92 Å². The van der Waals surface area contributed by atoms with Crippen molar-refractivity contribution in [3.05, 3.63) is 81.6 Å². The molecule has 0 radical (unpaired) electrons. The summed E-state index contributed by atoms with van der Waals surface area (Å²) in [7, 11) is 0. The molecule has 8 heteroatoms. The highest BCUT2D eigenvalue weighted by Crippen LogP contribution is 2.41. The average Bonchev–Trinajstić information content (AvgIpc) is 3.55. The van der Waals surface area contributed by atoms with Crippen molar-refractivity contribution in [3.63, 3.8) is 0 Å². The van der Waals surface area contributed by atoms with Gasteiger partial charge in [0.1, 0.15) is 0 Å². The number of thiazole rings is 1. The predicted molar refractivity (Wildman–Crippen MR) is 161 cm³/mol. The summed E-state index contributed by atoms with van der Waals surface area (Å²) in [5.41, 5.74) is 4.65. The van der Waals surface area contributed by atoms with Gasteiger partial charge in [-0.1, -0.05) is 82.4 Å². The number of fused-ring (bicyclic) bond motifs is 3. The molecule has 1 atom stereocenters. The fourth-order valence-electron chi connectivity index (χ4n) is 5.63. The van der Waals surface area contributed by atoms with Crippen molar-refractivity contribution < 1.29 is 14.7 Å². The number of hydrogen-bond acceptors (Lipinski definition) is 6. The minimum Gasteiger partial charge on any atom is -0.503 e. The van der Waals surface area contributed by atoms with Gasteiger partial charge in [0.05, 0.1) is 27.5 Å². The Kier molecular flexibility index (Phi) is 7.59. The van der Waals surface area contributed by atoms with E-state index in [9.17, 15) is 14.7 Å². The Hall–Kier alpha value is -3.49. The van der Waals surface area contributed by atoms with Crippen molar-refractivity contribution in [2.75, 3.05) is 26.2 Å². The Balaban J connectivity index is 1.55. The number of aliphatic hydroxyl groups excluding tert-OH is 1. The zero-order valence-corrected chi connectivity index (χ0v) is 25.0. The number of amides is 1. The first-order valence-electron chi connectivity index (χ1n) is 14.0. The van der Waals surface area contributed by atoms with Crippen LogP contribution < -0.4 is 0 Å². The van der Waals surface area contributed by atoms with Gasteiger partial charge in [-0.05, 0) is 61.7 Å². The molecule has 1 N–H and O–H groups in total. The molecule has 0 saturated carbocycles. The van der Waals surface area contributed by atoms with Crippen molar-refractivity contribution >= 4 is 39.0 Å². The minimum atomic E-state index is -0.656. The summed E-state index contributed by atoms with van der Waals surface area (Å²) in [6.07, 6.45) is 0.747. The lowest BCUT2D eigenvalue weighted by molar-refractivity contribution is -0.129. The number of imidazole rings is 1. The SMILES string of the molecule is CCN(CC)CCCN1C(=O)C(O)=C(C(=O)c2sc3nc4ccccc4n3c2C)C1c1ccc(C(C)(C)C)cc1. The molecule has 0 spiro atoms. The van der Waals surface area contributed by atoms with Crippen molar-refractivity contribution in [1.82, 2.24) is 19.2 Å². The van der Waals surface area contributed by atoms with Crippen LogP contribution in [0.15, 0.2) is 59.9 Å². The zero-order chi connectivity index (χ0) is 28.8. The smallest absolute Gasteiger partial charge is 0.290 e. The molecule has 1 amide bonds. The summed E-state index contributed by atoms with van der Waals surface area (Å²) >= 11 is 1.30.